The molecule has 7 heteroatoms. The van der Waals surface area contributed by atoms with E-state index in [1.54, 1.807) is 0 Å². The Hall–Kier alpha value is -2.80. The van der Waals surface area contributed by atoms with E-state index in [-0.39, 0.29) is 12.0 Å². The second-order valence-corrected chi connectivity index (χ2v) is 6.15. The minimum absolute atomic E-state index is 0.0498. The van der Waals surface area contributed by atoms with Crippen molar-refractivity contribution < 1.29 is 13.6 Å². The van der Waals surface area contributed by atoms with E-state index < -0.39 is 23.2 Å². The van der Waals surface area contributed by atoms with Crippen LogP contribution in [0.15, 0.2) is 53.6 Å². The van der Waals surface area contributed by atoms with Gasteiger partial charge >= 0.3 is 6.03 Å². The number of hydrazone groups is 1. The molecule has 1 aliphatic rings. The number of hydrogen-bond acceptors (Lipinski definition) is 3. The minimum Gasteiger partial charge on any atom is -0.340 e. The number of carbonyl (C=O) groups is 1. The highest BCUT2D eigenvalue weighted by Gasteiger charge is 2.47. The van der Waals surface area contributed by atoms with Crippen LogP contribution in [0.2, 0.25) is 0 Å². The molecule has 3 rings (SSSR count). The fourth-order valence-corrected chi connectivity index (χ4v) is 3.37. The number of amides is 2. The number of rotatable bonds is 4. The number of urea groups is 1. The average Bonchev–Trinajstić information content (AvgIpc) is 3.04. The van der Waals surface area contributed by atoms with E-state index in [4.69, 9.17) is 5.73 Å². The first kappa shape index (κ1) is 18.0. The SMILES string of the molecule is CNC(=O)N1N=C(c2cc(F)ccc2F)CC1(CCN)c1ccccc1. The Labute approximate surface area is 150 Å². The molecule has 1 atom stereocenters. The molecule has 0 fully saturated rings. The normalized spacial score (nSPS) is 19.4. The largest absolute Gasteiger partial charge is 0.340 e. The summed E-state index contributed by atoms with van der Waals surface area (Å²) in [7, 11) is 1.50. The Morgan fingerprint density at radius 3 is 2.65 bits per heavy atom. The number of benzene rings is 2. The van der Waals surface area contributed by atoms with Crippen LogP contribution in [-0.4, -0.2) is 30.3 Å². The van der Waals surface area contributed by atoms with Gasteiger partial charge in [0.05, 0.1) is 11.3 Å². The summed E-state index contributed by atoms with van der Waals surface area (Å²) in [5, 5.41) is 8.21. The van der Waals surface area contributed by atoms with Crippen molar-refractivity contribution >= 4 is 11.7 Å². The lowest BCUT2D eigenvalue weighted by Gasteiger charge is -2.36. The van der Waals surface area contributed by atoms with Crippen LogP contribution in [0.1, 0.15) is 24.0 Å². The summed E-state index contributed by atoms with van der Waals surface area (Å²) in [4.78, 5) is 12.5. The van der Waals surface area contributed by atoms with Crippen molar-refractivity contribution in [2.45, 2.75) is 18.4 Å². The van der Waals surface area contributed by atoms with E-state index in [1.165, 1.54) is 12.1 Å². The van der Waals surface area contributed by atoms with Crippen LogP contribution >= 0.6 is 0 Å². The van der Waals surface area contributed by atoms with Crippen molar-refractivity contribution in [3.63, 3.8) is 0 Å². The molecule has 3 N–H and O–H groups in total. The lowest BCUT2D eigenvalue weighted by Crippen LogP contribution is -2.48. The molecule has 2 aromatic rings. The van der Waals surface area contributed by atoms with E-state index >= 15 is 0 Å². The minimum atomic E-state index is -0.857. The van der Waals surface area contributed by atoms with Gasteiger partial charge in [-0.15, -0.1) is 0 Å². The predicted molar refractivity (Wildman–Crippen MR) is 95.6 cm³/mol. The van der Waals surface area contributed by atoms with Crippen molar-refractivity contribution in [1.29, 1.82) is 0 Å². The molecule has 2 amide bonds. The molecule has 1 heterocycles. The maximum atomic E-state index is 14.3. The van der Waals surface area contributed by atoms with Gasteiger partial charge in [0.2, 0.25) is 0 Å². The lowest BCUT2D eigenvalue weighted by molar-refractivity contribution is 0.127. The summed E-state index contributed by atoms with van der Waals surface area (Å²) < 4.78 is 27.9. The molecule has 2 aromatic carbocycles. The van der Waals surface area contributed by atoms with Crippen LogP contribution in [0.5, 0.6) is 0 Å². The Balaban J connectivity index is 2.14. The predicted octanol–water partition coefficient (Wildman–Crippen LogP) is 2.96. The molecule has 0 aliphatic carbocycles. The fraction of sp³-hybridized carbons (Fsp3) is 0.263. The number of hydrogen-bond donors (Lipinski definition) is 2. The molecule has 1 unspecified atom stereocenters. The molecule has 0 spiro atoms. The molecular weight excluding hydrogens is 338 g/mol. The van der Waals surface area contributed by atoms with Gasteiger partial charge in [-0.25, -0.2) is 18.6 Å². The van der Waals surface area contributed by atoms with Crippen molar-refractivity contribution in [2.24, 2.45) is 10.8 Å². The molecule has 5 nitrogen and oxygen atoms in total. The number of nitrogens with one attached hydrogen (secondary N) is 1. The first-order valence-electron chi connectivity index (χ1n) is 8.32. The molecule has 0 saturated carbocycles. The zero-order chi connectivity index (χ0) is 18.7. The number of nitrogens with zero attached hydrogens (tertiary/aromatic N) is 2. The van der Waals surface area contributed by atoms with Gasteiger partial charge in [0.1, 0.15) is 11.6 Å². The Morgan fingerprint density at radius 2 is 2.00 bits per heavy atom. The average molecular weight is 358 g/mol. The van der Waals surface area contributed by atoms with Gasteiger partial charge in [0, 0.05) is 19.0 Å². The third kappa shape index (κ3) is 3.06. The van der Waals surface area contributed by atoms with Gasteiger partial charge in [-0.3, -0.25) is 0 Å². The first-order chi connectivity index (χ1) is 12.5. The molecular formula is C19H20F2N4O. The number of nitrogens with two attached hydrogens (primary N) is 1. The molecule has 0 aromatic heterocycles. The third-order valence-electron chi connectivity index (χ3n) is 4.60. The van der Waals surface area contributed by atoms with Gasteiger partial charge in [-0.05, 0) is 36.7 Å². The van der Waals surface area contributed by atoms with Crippen LogP contribution in [0, 0.1) is 11.6 Å². The van der Waals surface area contributed by atoms with Crippen molar-refractivity contribution in [3.05, 3.63) is 71.3 Å². The second kappa shape index (κ2) is 7.21. The highest BCUT2D eigenvalue weighted by molar-refractivity contribution is 6.04. The van der Waals surface area contributed by atoms with E-state index in [0.29, 0.717) is 18.7 Å². The first-order valence-corrected chi connectivity index (χ1v) is 8.32. The summed E-state index contributed by atoms with van der Waals surface area (Å²) in [6.45, 7) is 0.302. The Bertz CT molecular complexity index is 841. The van der Waals surface area contributed by atoms with Crippen LogP contribution in [0.25, 0.3) is 0 Å². The van der Waals surface area contributed by atoms with Gasteiger partial charge in [-0.2, -0.15) is 5.10 Å². The van der Waals surface area contributed by atoms with Gasteiger partial charge < -0.3 is 11.1 Å². The zero-order valence-electron chi connectivity index (χ0n) is 14.4. The van der Waals surface area contributed by atoms with E-state index in [1.807, 2.05) is 30.3 Å². The lowest BCUT2D eigenvalue weighted by atomic mass is 9.81. The molecule has 0 radical (unpaired) electrons. The summed E-state index contributed by atoms with van der Waals surface area (Å²) in [5.41, 5.74) is 6.17. The summed E-state index contributed by atoms with van der Waals surface area (Å²) >= 11 is 0. The molecule has 136 valence electrons. The van der Waals surface area contributed by atoms with E-state index in [2.05, 4.69) is 10.4 Å². The third-order valence-corrected chi connectivity index (χ3v) is 4.60. The van der Waals surface area contributed by atoms with Crippen LogP contribution in [0.4, 0.5) is 13.6 Å². The topological polar surface area (TPSA) is 70.7 Å². The summed E-state index contributed by atoms with van der Waals surface area (Å²) in [5.74, 6) is -1.15. The van der Waals surface area contributed by atoms with Crippen LogP contribution < -0.4 is 11.1 Å². The van der Waals surface area contributed by atoms with Crippen molar-refractivity contribution in [2.75, 3.05) is 13.6 Å². The van der Waals surface area contributed by atoms with Crippen LogP contribution in [0.3, 0.4) is 0 Å². The smallest absolute Gasteiger partial charge is 0.338 e. The Morgan fingerprint density at radius 1 is 1.27 bits per heavy atom. The highest BCUT2D eigenvalue weighted by atomic mass is 19.1. The maximum Gasteiger partial charge on any atom is 0.338 e. The number of carbonyl (C=O) groups excluding carboxylic acids is 1. The monoisotopic (exact) mass is 358 g/mol. The number of halogens is 2. The fourth-order valence-electron chi connectivity index (χ4n) is 3.37. The van der Waals surface area contributed by atoms with E-state index in [0.717, 1.165) is 23.8 Å². The molecule has 0 saturated heterocycles. The molecule has 26 heavy (non-hydrogen) atoms. The standard InChI is InChI=1S/C19H20F2N4O/c1-23-18(26)25-19(9-10-22,13-5-3-2-4-6-13)12-17(24-25)15-11-14(20)7-8-16(15)21/h2-8,11H,9-10,12,22H2,1H3,(H,23,26). The van der Waals surface area contributed by atoms with Gasteiger partial charge in [0.15, 0.2) is 0 Å². The van der Waals surface area contributed by atoms with Crippen molar-refractivity contribution in [1.82, 2.24) is 10.3 Å². The quantitative estimate of drug-likeness (QED) is 0.882. The Kier molecular flexibility index (Phi) is 4.99. The summed E-state index contributed by atoms with van der Waals surface area (Å²) in [6, 6.07) is 12.1. The van der Waals surface area contributed by atoms with E-state index in [9.17, 15) is 13.6 Å². The van der Waals surface area contributed by atoms with Gasteiger partial charge in [0.25, 0.3) is 0 Å². The van der Waals surface area contributed by atoms with Gasteiger partial charge in [-0.1, -0.05) is 30.3 Å². The zero-order valence-corrected chi connectivity index (χ0v) is 14.4. The molecule has 0 bridgehead atoms. The maximum absolute atomic E-state index is 14.3. The summed E-state index contributed by atoms with van der Waals surface area (Å²) in [6.07, 6.45) is 0.663. The second-order valence-electron chi connectivity index (χ2n) is 6.15. The van der Waals surface area contributed by atoms with Crippen LogP contribution in [-0.2, 0) is 5.54 Å². The highest BCUT2D eigenvalue weighted by Crippen LogP contribution is 2.42. The molecule has 1 aliphatic heterocycles. The van der Waals surface area contributed by atoms with Crippen molar-refractivity contribution in [3.8, 4) is 0 Å².